The maximum atomic E-state index is 12.0. The highest BCUT2D eigenvalue weighted by atomic mass is 16.5. The Balaban J connectivity index is 2.04. The summed E-state index contributed by atoms with van der Waals surface area (Å²) < 4.78 is 15.3. The molecule has 0 aliphatic carbocycles. The van der Waals surface area contributed by atoms with Crippen molar-refractivity contribution in [2.75, 3.05) is 19.0 Å². The molecule has 2 heterocycles. The van der Waals surface area contributed by atoms with Crippen LogP contribution in [0.4, 0.5) is 11.5 Å². The fraction of sp³-hybridized carbons (Fsp3) is 0.250. The van der Waals surface area contributed by atoms with Gasteiger partial charge in [-0.3, -0.25) is 0 Å². The highest BCUT2D eigenvalue weighted by Crippen LogP contribution is 2.28. The van der Waals surface area contributed by atoms with E-state index in [1.54, 1.807) is 21.0 Å². The molecule has 3 rings (SSSR count). The summed E-state index contributed by atoms with van der Waals surface area (Å²) >= 11 is 0. The number of nitrogens with zero attached hydrogens (tertiary/aromatic N) is 3. The SMILES string of the molecule is CCOC(=O)c1noc2nc(C)nc(Nc3ccc(OC)cc3)c12. The Labute approximate surface area is 137 Å². The Morgan fingerprint density at radius 2 is 2.00 bits per heavy atom. The smallest absolute Gasteiger partial charge is 0.361 e. The Morgan fingerprint density at radius 3 is 2.67 bits per heavy atom. The van der Waals surface area contributed by atoms with E-state index in [-0.39, 0.29) is 18.0 Å². The van der Waals surface area contributed by atoms with Gasteiger partial charge in [0.25, 0.3) is 5.71 Å². The van der Waals surface area contributed by atoms with Crippen molar-refractivity contribution < 1.29 is 18.8 Å². The molecule has 0 amide bonds. The third-order valence-electron chi connectivity index (χ3n) is 3.27. The van der Waals surface area contributed by atoms with Crippen molar-refractivity contribution in [2.45, 2.75) is 13.8 Å². The van der Waals surface area contributed by atoms with Crippen molar-refractivity contribution in [1.82, 2.24) is 15.1 Å². The Kier molecular flexibility index (Phi) is 4.28. The van der Waals surface area contributed by atoms with Gasteiger partial charge in [-0.1, -0.05) is 5.16 Å². The average Bonchev–Trinajstić information content (AvgIpc) is 2.99. The van der Waals surface area contributed by atoms with E-state index >= 15 is 0 Å². The fourth-order valence-corrected chi connectivity index (χ4v) is 2.20. The molecule has 0 fully saturated rings. The molecule has 2 aromatic heterocycles. The molecule has 0 bridgehead atoms. The summed E-state index contributed by atoms with van der Waals surface area (Å²) in [5.74, 6) is 1.07. The first-order valence-corrected chi connectivity index (χ1v) is 7.34. The van der Waals surface area contributed by atoms with Crippen LogP contribution >= 0.6 is 0 Å². The molecule has 0 radical (unpaired) electrons. The highest BCUT2D eigenvalue weighted by molar-refractivity contribution is 6.05. The van der Waals surface area contributed by atoms with Crippen LogP contribution in [0, 0.1) is 6.92 Å². The zero-order valence-corrected chi connectivity index (χ0v) is 13.5. The summed E-state index contributed by atoms with van der Waals surface area (Å²) in [6.07, 6.45) is 0. The van der Waals surface area contributed by atoms with Crippen molar-refractivity contribution in [3.63, 3.8) is 0 Å². The molecular formula is C16H16N4O4. The number of carbonyl (C=O) groups is 1. The van der Waals surface area contributed by atoms with Gasteiger partial charge in [0.05, 0.1) is 13.7 Å². The second kappa shape index (κ2) is 6.53. The number of anilines is 2. The molecule has 8 heteroatoms. The van der Waals surface area contributed by atoms with Crippen LogP contribution in [0.15, 0.2) is 28.8 Å². The third-order valence-corrected chi connectivity index (χ3v) is 3.27. The number of fused-ring (bicyclic) bond motifs is 1. The van der Waals surface area contributed by atoms with E-state index < -0.39 is 5.97 Å². The summed E-state index contributed by atoms with van der Waals surface area (Å²) in [6, 6.07) is 7.29. The molecule has 0 spiro atoms. The van der Waals surface area contributed by atoms with Crippen LogP contribution < -0.4 is 10.1 Å². The van der Waals surface area contributed by atoms with E-state index in [9.17, 15) is 4.79 Å². The summed E-state index contributed by atoms with van der Waals surface area (Å²) in [5.41, 5.74) is 1.04. The van der Waals surface area contributed by atoms with Gasteiger partial charge in [0.15, 0.2) is 0 Å². The third kappa shape index (κ3) is 2.98. The molecule has 0 saturated carbocycles. The Morgan fingerprint density at radius 1 is 1.25 bits per heavy atom. The second-order valence-corrected chi connectivity index (χ2v) is 4.90. The molecule has 0 aliphatic heterocycles. The standard InChI is InChI=1S/C16H16N4O4/c1-4-23-16(21)13-12-14(17-9(2)18-15(12)24-20-13)19-10-5-7-11(22-3)8-6-10/h5-8H,4H2,1-3H3,(H,17,18,19). The molecule has 24 heavy (non-hydrogen) atoms. The van der Waals surface area contributed by atoms with Gasteiger partial charge in [-0.2, -0.15) is 4.98 Å². The van der Waals surface area contributed by atoms with Gasteiger partial charge in [-0.05, 0) is 38.1 Å². The van der Waals surface area contributed by atoms with E-state index in [2.05, 4.69) is 20.4 Å². The average molecular weight is 328 g/mol. The summed E-state index contributed by atoms with van der Waals surface area (Å²) in [6.45, 7) is 3.68. The minimum atomic E-state index is -0.582. The lowest BCUT2D eigenvalue weighted by molar-refractivity contribution is 0.0517. The van der Waals surface area contributed by atoms with Gasteiger partial charge in [-0.25, -0.2) is 9.78 Å². The maximum Gasteiger partial charge on any atom is 0.361 e. The van der Waals surface area contributed by atoms with Crippen molar-refractivity contribution in [1.29, 1.82) is 0 Å². The number of hydrogen-bond donors (Lipinski definition) is 1. The fourth-order valence-electron chi connectivity index (χ4n) is 2.20. The predicted octanol–water partition coefficient (Wildman–Crippen LogP) is 2.86. The van der Waals surface area contributed by atoms with Crippen molar-refractivity contribution >= 4 is 28.6 Å². The van der Waals surface area contributed by atoms with Gasteiger partial charge >= 0.3 is 5.97 Å². The minimum Gasteiger partial charge on any atom is -0.497 e. The lowest BCUT2D eigenvalue weighted by Gasteiger charge is -2.08. The first kappa shape index (κ1) is 15.7. The van der Waals surface area contributed by atoms with Crippen LogP contribution in [-0.2, 0) is 4.74 Å². The van der Waals surface area contributed by atoms with Crippen LogP contribution in [0.3, 0.4) is 0 Å². The van der Waals surface area contributed by atoms with E-state index in [1.165, 1.54) is 0 Å². The maximum absolute atomic E-state index is 12.0. The second-order valence-electron chi connectivity index (χ2n) is 4.90. The van der Waals surface area contributed by atoms with Crippen molar-refractivity contribution in [2.24, 2.45) is 0 Å². The van der Waals surface area contributed by atoms with Crippen molar-refractivity contribution in [3.8, 4) is 5.75 Å². The van der Waals surface area contributed by atoms with Gasteiger partial charge in [0.1, 0.15) is 22.8 Å². The number of aromatic nitrogens is 3. The number of methoxy groups -OCH3 is 1. The van der Waals surface area contributed by atoms with Gasteiger partial charge in [0, 0.05) is 5.69 Å². The lowest BCUT2D eigenvalue weighted by atomic mass is 10.2. The summed E-state index contributed by atoms with van der Waals surface area (Å²) in [5, 5.41) is 7.30. The zero-order valence-electron chi connectivity index (χ0n) is 13.5. The van der Waals surface area contributed by atoms with Gasteiger partial charge < -0.3 is 19.3 Å². The van der Waals surface area contributed by atoms with Gasteiger partial charge in [0.2, 0.25) is 5.69 Å². The van der Waals surface area contributed by atoms with Crippen LogP contribution in [0.25, 0.3) is 11.1 Å². The van der Waals surface area contributed by atoms with Gasteiger partial charge in [-0.15, -0.1) is 0 Å². The topological polar surface area (TPSA) is 99.4 Å². The van der Waals surface area contributed by atoms with Crippen LogP contribution in [-0.4, -0.2) is 34.8 Å². The molecule has 0 saturated heterocycles. The highest BCUT2D eigenvalue weighted by Gasteiger charge is 2.23. The molecular weight excluding hydrogens is 312 g/mol. The Hall–Kier alpha value is -3.16. The normalized spacial score (nSPS) is 10.6. The van der Waals surface area contributed by atoms with Crippen LogP contribution in [0.2, 0.25) is 0 Å². The van der Waals surface area contributed by atoms with E-state index in [0.717, 1.165) is 11.4 Å². The summed E-state index contributed by atoms with van der Waals surface area (Å²) in [4.78, 5) is 20.6. The van der Waals surface area contributed by atoms with E-state index in [4.69, 9.17) is 14.0 Å². The molecule has 0 atom stereocenters. The zero-order chi connectivity index (χ0) is 17.1. The summed E-state index contributed by atoms with van der Waals surface area (Å²) in [7, 11) is 1.60. The number of ether oxygens (including phenoxy) is 2. The quantitative estimate of drug-likeness (QED) is 0.714. The van der Waals surface area contributed by atoms with Crippen molar-refractivity contribution in [3.05, 3.63) is 35.8 Å². The number of aryl methyl sites for hydroxylation is 1. The largest absolute Gasteiger partial charge is 0.497 e. The number of esters is 1. The number of rotatable bonds is 5. The Bertz CT molecular complexity index is 874. The first-order valence-electron chi connectivity index (χ1n) is 7.34. The van der Waals surface area contributed by atoms with Crippen LogP contribution in [0.5, 0.6) is 5.75 Å². The number of hydrogen-bond acceptors (Lipinski definition) is 8. The van der Waals surface area contributed by atoms with E-state index in [1.807, 2.05) is 24.3 Å². The monoisotopic (exact) mass is 328 g/mol. The molecule has 1 N–H and O–H groups in total. The first-order chi connectivity index (χ1) is 11.6. The molecule has 1 aromatic carbocycles. The molecule has 8 nitrogen and oxygen atoms in total. The number of nitrogens with one attached hydrogen (secondary N) is 1. The molecule has 0 unspecified atom stereocenters. The lowest BCUT2D eigenvalue weighted by Crippen LogP contribution is -2.07. The molecule has 0 aliphatic rings. The predicted molar refractivity (Wildman–Crippen MR) is 86.6 cm³/mol. The number of benzene rings is 1. The van der Waals surface area contributed by atoms with Crippen LogP contribution in [0.1, 0.15) is 23.2 Å². The number of carbonyl (C=O) groups excluding carboxylic acids is 1. The molecule has 124 valence electrons. The molecule has 3 aromatic rings. The minimum absolute atomic E-state index is 0.0443. The van der Waals surface area contributed by atoms with E-state index in [0.29, 0.717) is 17.0 Å².